The minimum absolute atomic E-state index is 0.272. The fraction of sp³-hybridized carbons (Fsp3) is 0.211. The van der Waals surface area contributed by atoms with Gasteiger partial charge >= 0.3 is 0 Å². The zero-order valence-corrected chi connectivity index (χ0v) is 11.8. The van der Waals surface area contributed by atoms with Gasteiger partial charge in [-0.1, -0.05) is 48.5 Å². The molecule has 2 heteroatoms. The lowest BCUT2D eigenvalue weighted by atomic mass is 9.99. The first kappa shape index (κ1) is 12.4. The molecule has 21 heavy (non-hydrogen) atoms. The molecule has 1 aromatic heterocycles. The molecule has 0 bridgehead atoms. The van der Waals surface area contributed by atoms with Crippen LogP contribution in [0.4, 0.5) is 0 Å². The quantitative estimate of drug-likeness (QED) is 0.680. The van der Waals surface area contributed by atoms with Gasteiger partial charge in [0.15, 0.2) is 5.78 Å². The van der Waals surface area contributed by atoms with Gasteiger partial charge in [0.2, 0.25) is 0 Å². The van der Waals surface area contributed by atoms with Crippen molar-refractivity contribution in [3.63, 3.8) is 0 Å². The highest BCUT2D eigenvalue weighted by molar-refractivity contribution is 6.13. The molecule has 0 amide bonds. The average molecular weight is 275 g/mol. The average Bonchev–Trinajstić information content (AvgIpc) is 3.24. The maximum Gasteiger partial charge on any atom is 0.165 e. The Bertz CT molecular complexity index is 797. The predicted molar refractivity (Wildman–Crippen MR) is 85.4 cm³/mol. The SMILES string of the molecule is O=C(CC1CC1)c1c(-c2ccccc2)[nH]c2ccccc12. The molecule has 0 saturated heterocycles. The Labute approximate surface area is 123 Å². The van der Waals surface area contributed by atoms with E-state index < -0.39 is 0 Å². The summed E-state index contributed by atoms with van der Waals surface area (Å²) in [7, 11) is 0. The topological polar surface area (TPSA) is 32.9 Å². The predicted octanol–water partition coefficient (Wildman–Crippen LogP) is 4.82. The molecular formula is C19H17NO. The van der Waals surface area contributed by atoms with Crippen LogP contribution >= 0.6 is 0 Å². The van der Waals surface area contributed by atoms with Crippen LogP contribution in [-0.4, -0.2) is 10.8 Å². The van der Waals surface area contributed by atoms with Crippen LogP contribution < -0.4 is 0 Å². The molecule has 1 fully saturated rings. The number of fused-ring (bicyclic) bond motifs is 1. The summed E-state index contributed by atoms with van der Waals surface area (Å²) in [6, 6.07) is 18.2. The number of hydrogen-bond acceptors (Lipinski definition) is 1. The smallest absolute Gasteiger partial charge is 0.165 e. The molecular weight excluding hydrogens is 258 g/mol. The van der Waals surface area contributed by atoms with Gasteiger partial charge in [-0.15, -0.1) is 0 Å². The second kappa shape index (κ2) is 4.88. The highest BCUT2D eigenvalue weighted by Crippen LogP contribution is 2.37. The fourth-order valence-corrected chi connectivity index (χ4v) is 2.94. The van der Waals surface area contributed by atoms with E-state index in [0.717, 1.165) is 27.7 Å². The summed E-state index contributed by atoms with van der Waals surface area (Å²) in [5.74, 6) is 0.878. The maximum absolute atomic E-state index is 12.7. The fourth-order valence-electron chi connectivity index (χ4n) is 2.94. The number of aromatic nitrogens is 1. The van der Waals surface area contributed by atoms with Crippen molar-refractivity contribution >= 4 is 16.7 Å². The molecule has 2 nitrogen and oxygen atoms in total. The van der Waals surface area contributed by atoms with Crippen LogP contribution in [0.1, 0.15) is 29.6 Å². The van der Waals surface area contributed by atoms with Crippen molar-refractivity contribution in [3.05, 3.63) is 60.2 Å². The molecule has 1 aliphatic carbocycles. The molecule has 0 unspecified atom stereocenters. The Morgan fingerprint density at radius 1 is 1.00 bits per heavy atom. The van der Waals surface area contributed by atoms with Crippen LogP contribution in [0.25, 0.3) is 22.2 Å². The molecule has 2 aromatic carbocycles. The molecule has 1 heterocycles. The van der Waals surface area contributed by atoms with Crippen LogP contribution in [0.3, 0.4) is 0 Å². The van der Waals surface area contributed by atoms with E-state index in [1.54, 1.807) is 0 Å². The Hall–Kier alpha value is -2.35. The van der Waals surface area contributed by atoms with E-state index in [9.17, 15) is 4.79 Å². The lowest BCUT2D eigenvalue weighted by Crippen LogP contribution is -2.01. The third-order valence-electron chi connectivity index (χ3n) is 4.22. The number of ketones is 1. The molecule has 0 radical (unpaired) electrons. The highest BCUT2D eigenvalue weighted by Gasteiger charge is 2.27. The molecule has 3 aromatic rings. The van der Waals surface area contributed by atoms with Gasteiger partial charge in [0.25, 0.3) is 0 Å². The molecule has 0 spiro atoms. The zero-order chi connectivity index (χ0) is 14.2. The second-order valence-corrected chi connectivity index (χ2v) is 5.86. The standard InChI is InChI=1S/C19H17NO/c21-17(12-13-10-11-13)18-15-8-4-5-9-16(15)20-19(18)14-6-2-1-3-7-14/h1-9,13,20H,10-12H2. The maximum atomic E-state index is 12.7. The number of H-pyrrole nitrogens is 1. The van der Waals surface area contributed by atoms with Gasteiger partial charge in [0.1, 0.15) is 0 Å². The third-order valence-corrected chi connectivity index (χ3v) is 4.22. The van der Waals surface area contributed by atoms with Crippen molar-refractivity contribution in [2.24, 2.45) is 5.92 Å². The number of rotatable bonds is 4. The van der Waals surface area contributed by atoms with E-state index in [2.05, 4.69) is 17.1 Å². The molecule has 4 rings (SSSR count). The van der Waals surface area contributed by atoms with Gasteiger partial charge in [0.05, 0.1) is 11.3 Å². The monoisotopic (exact) mass is 275 g/mol. The number of hydrogen-bond donors (Lipinski definition) is 1. The molecule has 1 saturated carbocycles. The Kier molecular flexibility index (Phi) is 2.88. The zero-order valence-electron chi connectivity index (χ0n) is 11.8. The lowest BCUT2D eigenvalue weighted by Gasteiger charge is -2.04. The van der Waals surface area contributed by atoms with Crippen molar-refractivity contribution in [1.29, 1.82) is 0 Å². The van der Waals surface area contributed by atoms with Gasteiger partial charge in [-0.2, -0.15) is 0 Å². The van der Waals surface area contributed by atoms with Crippen LogP contribution in [0.5, 0.6) is 0 Å². The van der Waals surface area contributed by atoms with Gasteiger partial charge in [0, 0.05) is 17.3 Å². The molecule has 1 aliphatic rings. The normalized spacial score (nSPS) is 14.5. The van der Waals surface area contributed by atoms with E-state index in [1.807, 2.05) is 42.5 Å². The Balaban J connectivity index is 1.90. The van der Waals surface area contributed by atoms with Gasteiger partial charge in [-0.05, 0) is 30.4 Å². The number of nitrogens with one attached hydrogen (secondary N) is 1. The van der Waals surface area contributed by atoms with E-state index in [-0.39, 0.29) is 5.78 Å². The van der Waals surface area contributed by atoms with E-state index >= 15 is 0 Å². The molecule has 0 atom stereocenters. The van der Waals surface area contributed by atoms with Gasteiger partial charge in [-0.25, -0.2) is 0 Å². The Morgan fingerprint density at radius 3 is 2.48 bits per heavy atom. The van der Waals surface area contributed by atoms with Crippen molar-refractivity contribution in [1.82, 2.24) is 4.98 Å². The lowest BCUT2D eigenvalue weighted by molar-refractivity contribution is 0.0978. The first-order valence-electron chi connectivity index (χ1n) is 7.52. The molecule has 104 valence electrons. The van der Waals surface area contributed by atoms with Crippen molar-refractivity contribution in [3.8, 4) is 11.3 Å². The number of carbonyl (C=O) groups excluding carboxylic acids is 1. The van der Waals surface area contributed by atoms with Crippen molar-refractivity contribution in [2.75, 3.05) is 0 Å². The van der Waals surface area contributed by atoms with Gasteiger partial charge in [-0.3, -0.25) is 4.79 Å². The third kappa shape index (κ3) is 2.27. The minimum Gasteiger partial charge on any atom is -0.354 e. The van der Waals surface area contributed by atoms with Crippen LogP contribution in [0.15, 0.2) is 54.6 Å². The van der Waals surface area contributed by atoms with Crippen LogP contribution in [0.2, 0.25) is 0 Å². The van der Waals surface area contributed by atoms with E-state index in [0.29, 0.717) is 12.3 Å². The molecule has 0 aliphatic heterocycles. The summed E-state index contributed by atoms with van der Waals surface area (Å²) >= 11 is 0. The minimum atomic E-state index is 0.272. The Morgan fingerprint density at radius 2 is 1.71 bits per heavy atom. The summed E-state index contributed by atoms with van der Waals surface area (Å²) < 4.78 is 0. The number of Topliss-reactive ketones (excluding diaryl/α,β-unsaturated/α-hetero) is 1. The number of aromatic amines is 1. The van der Waals surface area contributed by atoms with Crippen LogP contribution in [0, 0.1) is 5.92 Å². The van der Waals surface area contributed by atoms with E-state index in [4.69, 9.17) is 0 Å². The number of carbonyl (C=O) groups is 1. The van der Waals surface area contributed by atoms with Crippen molar-refractivity contribution in [2.45, 2.75) is 19.3 Å². The second-order valence-electron chi connectivity index (χ2n) is 5.86. The summed E-state index contributed by atoms with van der Waals surface area (Å²) in [5.41, 5.74) is 3.94. The summed E-state index contributed by atoms with van der Waals surface area (Å²) in [5, 5.41) is 1.04. The highest BCUT2D eigenvalue weighted by atomic mass is 16.1. The van der Waals surface area contributed by atoms with Gasteiger partial charge < -0.3 is 4.98 Å². The van der Waals surface area contributed by atoms with E-state index in [1.165, 1.54) is 12.8 Å². The summed E-state index contributed by atoms with van der Waals surface area (Å²) in [4.78, 5) is 16.2. The summed E-state index contributed by atoms with van der Waals surface area (Å²) in [6.07, 6.45) is 3.09. The first-order chi connectivity index (χ1) is 10.3. The number of benzene rings is 2. The number of para-hydroxylation sites is 1. The van der Waals surface area contributed by atoms with Crippen molar-refractivity contribution < 1.29 is 4.79 Å². The summed E-state index contributed by atoms with van der Waals surface area (Å²) in [6.45, 7) is 0. The largest absolute Gasteiger partial charge is 0.354 e. The molecule has 1 N–H and O–H groups in total. The first-order valence-corrected chi connectivity index (χ1v) is 7.52. The van der Waals surface area contributed by atoms with Crippen LogP contribution in [-0.2, 0) is 0 Å².